The van der Waals surface area contributed by atoms with Crippen molar-refractivity contribution in [2.45, 2.75) is 26.7 Å². The maximum atomic E-state index is 9.16. The van der Waals surface area contributed by atoms with E-state index in [1.165, 1.54) is 0 Å². The number of hydrogen-bond acceptors (Lipinski definition) is 4. The van der Waals surface area contributed by atoms with Gasteiger partial charge in [-0.15, -0.1) is 0 Å². The van der Waals surface area contributed by atoms with Crippen LogP contribution in [0.1, 0.15) is 20.3 Å². The van der Waals surface area contributed by atoms with Gasteiger partial charge in [0.15, 0.2) is 0 Å². The Balaban J connectivity index is 2.36. The molecule has 1 N–H and O–H groups in total. The third-order valence-corrected chi connectivity index (χ3v) is 2.44. The molecule has 0 radical (unpaired) electrons. The minimum absolute atomic E-state index is 0.0995. The first kappa shape index (κ1) is 10.9. The number of aliphatic hydroxyl groups is 1. The summed E-state index contributed by atoms with van der Waals surface area (Å²) in [6, 6.07) is 0. The molecule has 1 rings (SSSR count). The second kappa shape index (κ2) is 4.91. The minimum atomic E-state index is -0.545. The first-order chi connectivity index (χ1) is 6.26. The minimum Gasteiger partial charge on any atom is -0.396 e. The lowest BCUT2D eigenvalue weighted by molar-refractivity contribution is -0.340. The van der Waals surface area contributed by atoms with E-state index in [0.717, 1.165) is 6.42 Å². The number of hydrogen-bond donors (Lipinski definition) is 1. The predicted molar refractivity (Wildman–Crippen MR) is 47.1 cm³/mol. The van der Waals surface area contributed by atoms with Crippen molar-refractivity contribution in [3.8, 4) is 0 Å². The summed E-state index contributed by atoms with van der Waals surface area (Å²) < 4.78 is 15.8. The largest absolute Gasteiger partial charge is 0.396 e. The zero-order valence-corrected chi connectivity index (χ0v) is 8.28. The van der Waals surface area contributed by atoms with Gasteiger partial charge in [-0.05, 0) is 13.3 Å². The molecule has 0 amide bonds. The second-order valence-electron chi connectivity index (χ2n) is 3.38. The first-order valence-corrected chi connectivity index (χ1v) is 4.72. The van der Waals surface area contributed by atoms with E-state index in [1.807, 2.05) is 13.8 Å². The van der Waals surface area contributed by atoms with Gasteiger partial charge in [-0.2, -0.15) is 0 Å². The van der Waals surface area contributed by atoms with Crippen LogP contribution in [-0.4, -0.2) is 38.0 Å². The summed E-state index contributed by atoms with van der Waals surface area (Å²) in [7, 11) is 0. The molecular formula is C9H18O4. The van der Waals surface area contributed by atoms with Gasteiger partial charge >= 0.3 is 0 Å². The van der Waals surface area contributed by atoms with Gasteiger partial charge < -0.3 is 19.3 Å². The summed E-state index contributed by atoms with van der Waals surface area (Å²) >= 11 is 0. The number of ether oxygens (including phenoxy) is 3. The molecule has 0 aromatic carbocycles. The number of rotatable bonds is 4. The Morgan fingerprint density at radius 1 is 1.38 bits per heavy atom. The Hall–Kier alpha value is -0.160. The van der Waals surface area contributed by atoms with Crippen molar-refractivity contribution >= 4 is 0 Å². The van der Waals surface area contributed by atoms with Crippen molar-refractivity contribution in [2.75, 3.05) is 26.4 Å². The van der Waals surface area contributed by atoms with Crippen LogP contribution >= 0.6 is 0 Å². The Bertz CT molecular complexity index is 135. The van der Waals surface area contributed by atoms with Crippen LogP contribution < -0.4 is 0 Å². The Kier molecular flexibility index (Phi) is 4.12. The van der Waals surface area contributed by atoms with E-state index in [1.54, 1.807) is 0 Å². The Morgan fingerprint density at radius 3 is 2.38 bits per heavy atom. The topological polar surface area (TPSA) is 47.9 Å². The van der Waals surface area contributed by atoms with E-state index >= 15 is 0 Å². The van der Waals surface area contributed by atoms with Gasteiger partial charge in [0.1, 0.15) is 0 Å². The summed E-state index contributed by atoms with van der Waals surface area (Å²) in [4.78, 5) is 0. The number of aliphatic hydroxyl groups excluding tert-OH is 1. The molecule has 4 nitrogen and oxygen atoms in total. The van der Waals surface area contributed by atoms with Gasteiger partial charge in [0.2, 0.25) is 0 Å². The van der Waals surface area contributed by atoms with Gasteiger partial charge in [0, 0.05) is 12.0 Å². The summed E-state index contributed by atoms with van der Waals surface area (Å²) in [5.41, 5.74) is -0.229. The fraction of sp³-hybridized carbons (Fsp3) is 1.00. The van der Waals surface area contributed by atoms with Crippen LogP contribution in [0.3, 0.4) is 0 Å². The quantitative estimate of drug-likeness (QED) is 0.710. The van der Waals surface area contributed by atoms with Gasteiger partial charge in [0.05, 0.1) is 19.8 Å². The molecule has 1 heterocycles. The molecule has 4 heteroatoms. The maximum absolute atomic E-state index is 9.16. The lowest BCUT2D eigenvalue weighted by atomic mass is 9.88. The molecular weight excluding hydrogens is 172 g/mol. The van der Waals surface area contributed by atoms with Crippen molar-refractivity contribution in [3.63, 3.8) is 0 Å². The van der Waals surface area contributed by atoms with Crippen LogP contribution in [0.2, 0.25) is 0 Å². The van der Waals surface area contributed by atoms with Crippen LogP contribution in [0.4, 0.5) is 0 Å². The van der Waals surface area contributed by atoms with Crippen molar-refractivity contribution < 1.29 is 19.3 Å². The molecule has 1 fully saturated rings. The molecule has 1 saturated heterocycles. The Labute approximate surface area is 78.8 Å². The lowest BCUT2D eigenvalue weighted by Crippen LogP contribution is -2.44. The normalized spacial score (nSPS) is 34.8. The molecule has 0 bridgehead atoms. The molecule has 0 saturated carbocycles. The highest BCUT2D eigenvalue weighted by atomic mass is 16.8. The smallest absolute Gasteiger partial charge is 0.271 e. The maximum Gasteiger partial charge on any atom is 0.271 e. The Morgan fingerprint density at radius 2 is 2.00 bits per heavy atom. The van der Waals surface area contributed by atoms with Gasteiger partial charge in [-0.3, -0.25) is 0 Å². The van der Waals surface area contributed by atoms with Crippen LogP contribution in [0.25, 0.3) is 0 Å². The molecule has 1 aliphatic rings. The summed E-state index contributed by atoms with van der Waals surface area (Å²) in [5.74, 6) is 0. The molecule has 0 aromatic heterocycles. The highest BCUT2D eigenvalue weighted by Crippen LogP contribution is 2.27. The molecule has 0 spiro atoms. The van der Waals surface area contributed by atoms with E-state index in [9.17, 15) is 0 Å². The highest BCUT2D eigenvalue weighted by Gasteiger charge is 2.35. The molecule has 78 valence electrons. The van der Waals surface area contributed by atoms with Crippen LogP contribution in [0.5, 0.6) is 0 Å². The van der Waals surface area contributed by atoms with E-state index in [0.29, 0.717) is 19.8 Å². The van der Waals surface area contributed by atoms with E-state index in [2.05, 4.69) is 0 Å². The SMILES string of the molecule is CCOC1OCC(CC)(CO)CO1. The molecule has 0 atom stereocenters. The van der Waals surface area contributed by atoms with E-state index in [-0.39, 0.29) is 12.0 Å². The van der Waals surface area contributed by atoms with Crippen molar-refractivity contribution in [1.29, 1.82) is 0 Å². The summed E-state index contributed by atoms with van der Waals surface area (Å²) in [6.07, 6.45) is 0.850. The van der Waals surface area contributed by atoms with E-state index < -0.39 is 6.48 Å². The molecule has 0 aliphatic carbocycles. The third kappa shape index (κ3) is 2.64. The second-order valence-corrected chi connectivity index (χ2v) is 3.38. The summed E-state index contributed by atoms with van der Waals surface area (Å²) in [6.45, 7) is 5.04. The van der Waals surface area contributed by atoms with Gasteiger partial charge in [0.25, 0.3) is 6.48 Å². The first-order valence-electron chi connectivity index (χ1n) is 4.72. The van der Waals surface area contributed by atoms with Crippen LogP contribution in [0, 0.1) is 5.41 Å². The average molecular weight is 190 g/mol. The van der Waals surface area contributed by atoms with Crippen LogP contribution in [0.15, 0.2) is 0 Å². The van der Waals surface area contributed by atoms with Crippen molar-refractivity contribution in [1.82, 2.24) is 0 Å². The predicted octanol–water partition coefficient (Wildman–Crippen LogP) is 0.742. The fourth-order valence-electron chi connectivity index (χ4n) is 1.22. The zero-order valence-electron chi connectivity index (χ0n) is 8.28. The average Bonchev–Trinajstić information content (AvgIpc) is 2.20. The van der Waals surface area contributed by atoms with Crippen molar-refractivity contribution in [3.05, 3.63) is 0 Å². The zero-order chi connectivity index (χ0) is 9.73. The van der Waals surface area contributed by atoms with Gasteiger partial charge in [-0.1, -0.05) is 6.92 Å². The monoisotopic (exact) mass is 190 g/mol. The molecule has 13 heavy (non-hydrogen) atoms. The summed E-state index contributed by atoms with van der Waals surface area (Å²) in [5, 5.41) is 9.16. The fourth-order valence-corrected chi connectivity index (χ4v) is 1.22. The van der Waals surface area contributed by atoms with Crippen LogP contribution in [-0.2, 0) is 14.2 Å². The van der Waals surface area contributed by atoms with E-state index in [4.69, 9.17) is 19.3 Å². The molecule has 1 aliphatic heterocycles. The molecule has 0 aromatic rings. The van der Waals surface area contributed by atoms with Crippen molar-refractivity contribution in [2.24, 2.45) is 5.41 Å². The lowest BCUT2D eigenvalue weighted by Gasteiger charge is -2.37. The highest BCUT2D eigenvalue weighted by molar-refractivity contribution is 4.78. The third-order valence-electron chi connectivity index (χ3n) is 2.44. The standard InChI is InChI=1S/C9H18O4/c1-3-9(5-10)6-12-8(11-4-2)13-7-9/h8,10H,3-7H2,1-2H3. The van der Waals surface area contributed by atoms with Gasteiger partial charge in [-0.25, -0.2) is 0 Å². The molecule has 0 unspecified atom stereocenters.